The molecular weight excluding hydrogens is 527 g/mol. The molecule has 1 amide bonds. The van der Waals surface area contributed by atoms with E-state index in [9.17, 15) is 9.59 Å². The Labute approximate surface area is 230 Å². The molecule has 0 aliphatic carbocycles. The summed E-state index contributed by atoms with van der Waals surface area (Å²) < 4.78 is 12.1. The molecule has 4 aromatic rings. The molecule has 0 bridgehead atoms. The molecule has 1 atom stereocenters. The normalized spacial score (nSPS) is 11.7. The van der Waals surface area contributed by atoms with Crippen molar-refractivity contribution in [2.24, 2.45) is 5.73 Å². The van der Waals surface area contributed by atoms with Gasteiger partial charge in [-0.25, -0.2) is 0 Å². The predicted molar refractivity (Wildman–Crippen MR) is 149 cm³/mol. The fraction of sp³-hybridized carbons (Fsp3) is 0.172. The lowest BCUT2D eigenvalue weighted by molar-refractivity contribution is -0.138. The Morgan fingerprint density at radius 1 is 0.895 bits per heavy atom. The van der Waals surface area contributed by atoms with Crippen LogP contribution in [0.15, 0.2) is 72.8 Å². The van der Waals surface area contributed by atoms with E-state index in [0.717, 1.165) is 16.3 Å². The maximum absolute atomic E-state index is 11.6. The highest BCUT2D eigenvalue weighted by Gasteiger charge is 2.17. The zero-order chi connectivity index (χ0) is 27.2. The molecule has 4 rings (SSSR count). The molecule has 9 heteroatoms. The standard InChI is InChI=1S/C29H26Cl2N2O5/c1-17(34)33-23-8-9-27(37-15-18-6-7-20-4-2-3-5-21(20)10-18)22(14-23)16-38-28-24(30)11-19(12-25(28)31)13-26(32)29(35)36/h2-12,14,26H,13,15-16,32H2,1H3,(H,33,34)(H,35,36). The number of aliphatic carboxylic acids is 1. The van der Waals surface area contributed by atoms with Gasteiger partial charge < -0.3 is 25.6 Å². The highest BCUT2D eigenvalue weighted by molar-refractivity contribution is 6.37. The maximum atomic E-state index is 11.6. The minimum Gasteiger partial charge on any atom is -0.488 e. The minimum absolute atomic E-state index is 0.0495. The monoisotopic (exact) mass is 552 g/mol. The summed E-state index contributed by atoms with van der Waals surface area (Å²) in [5.41, 5.74) is 8.46. The summed E-state index contributed by atoms with van der Waals surface area (Å²) in [7, 11) is 0. The highest BCUT2D eigenvalue weighted by atomic mass is 35.5. The quantitative estimate of drug-likeness (QED) is 0.215. The number of nitrogens with two attached hydrogens (primary N) is 1. The Morgan fingerprint density at radius 2 is 1.61 bits per heavy atom. The smallest absolute Gasteiger partial charge is 0.320 e. The van der Waals surface area contributed by atoms with E-state index in [1.54, 1.807) is 30.3 Å². The Bertz CT molecular complexity index is 1470. The molecule has 4 N–H and O–H groups in total. The van der Waals surface area contributed by atoms with Crippen molar-refractivity contribution in [1.82, 2.24) is 0 Å². The van der Waals surface area contributed by atoms with Gasteiger partial charge in [-0.2, -0.15) is 0 Å². The molecule has 1 unspecified atom stereocenters. The van der Waals surface area contributed by atoms with Gasteiger partial charge in [0.2, 0.25) is 5.91 Å². The van der Waals surface area contributed by atoms with E-state index >= 15 is 0 Å². The van der Waals surface area contributed by atoms with E-state index in [1.165, 1.54) is 6.92 Å². The number of amides is 1. The molecule has 196 valence electrons. The number of carboxylic acid groups (broad SMARTS) is 1. The van der Waals surface area contributed by atoms with Crippen LogP contribution in [0, 0.1) is 0 Å². The highest BCUT2D eigenvalue weighted by Crippen LogP contribution is 2.36. The number of carbonyl (C=O) groups is 2. The van der Waals surface area contributed by atoms with Crippen molar-refractivity contribution in [1.29, 1.82) is 0 Å². The predicted octanol–water partition coefficient (Wildman–Crippen LogP) is 6.22. The van der Waals surface area contributed by atoms with Crippen molar-refractivity contribution in [2.75, 3.05) is 5.32 Å². The number of hydrogen-bond donors (Lipinski definition) is 3. The number of ether oxygens (including phenoxy) is 2. The third-order valence-corrected chi connectivity index (χ3v) is 6.35. The Balaban J connectivity index is 1.53. The van der Waals surface area contributed by atoms with E-state index in [0.29, 0.717) is 29.2 Å². The molecule has 0 fully saturated rings. The van der Waals surface area contributed by atoms with Crippen LogP contribution in [0.3, 0.4) is 0 Å². The van der Waals surface area contributed by atoms with Crippen LogP contribution in [0.4, 0.5) is 5.69 Å². The number of carbonyl (C=O) groups excluding carboxylic acids is 1. The topological polar surface area (TPSA) is 111 Å². The number of hydrogen-bond acceptors (Lipinski definition) is 5. The molecular formula is C29H26Cl2N2O5. The summed E-state index contributed by atoms with van der Waals surface area (Å²) in [5, 5.41) is 14.5. The first-order valence-electron chi connectivity index (χ1n) is 11.8. The van der Waals surface area contributed by atoms with Crippen molar-refractivity contribution in [3.05, 3.63) is 99.5 Å². The van der Waals surface area contributed by atoms with Crippen molar-refractivity contribution in [2.45, 2.75) is 32.6 Å². The number of anilines is 1. The molecule has 38 heavy (non-hydrogen) atoms. The first kappa shape index (κ1) is 27.3. The van der Waals surface area contributed by atoms with Gasteiger partial charge in [0.25, 0.3) is 0 Å². The van der Waals surface area contributed by atoms with Crippen LogP contribution >= 0.6 is 23.2 Å². The van der Waals surface area contributed by atoms with Gasteiger partial charge in [0.1, 0.15) is 25.0 Å². The van der Waals surface area contributed by atoms with E-state index < -0.39 is 12.0 Å². The molecule has 0 aliphatic rings. The maximum Gasteiger partial charge on any atom is 0.320 e. The van der Waals surface area contributed by atoms with Crippen LogP contribution in [-0.2, 0) is 29.2 Å². The lowest BCUT2D eigenvalue weighted by Gasteiger charge is -2.16. The Morgan fingerprint density at radius 3 is 2.29 bits per heavy atom. The number of nitrogens with one attached hydrogen (secondary N) is 1. The minimum atomic E-state index is -1.12. The first-order chi connectivity index (χ1) is 18.2. The van der Waals surface area contributed by atoms with Crippen LogP contribution in [0.25, 0.3) is 10.8 Å². The third-order valence-electron chi connectivity index (χ3n) is 5.79. The van der Waals surface area contributed by atoms with Crippen molar-refractivity contribution >= 4 is 51.5 Å². The molecule has 0 spiro atoms. The summed E-state index contributed by atoms with van der Waals surface area (Å²) in [5.74, 6) is -0.509. The summed E-state index contributed by atoms with van der Waals surface area (Å²) in [4.78, 5) is 22.7. The summed E-state index contributed by atoms with van der Waals surface area (Å²) in [6.07, 6.45) is 0.0700. The van der Waals surface area contributed by atoms with Crippen LogP contribution in [0.5, 0.6) is 11.5 Å². The second-order valence-electron chi connectivity index (χ2n) is 8.80. The lowest BCUT2D eigenvalue weighted by atomic mass is 10.1. The van der Waals surface area contributed by atoms with Gasteiger partial charge in [-0.15, -0.1) is 0 Å². The van der Waals surface area contributed by atoms with Crippen LogP contribution < -0.4 is 20.5 Å². The number of halogens is 2. The summed E-state index contributed by atoms with van der Waals surface area (Å²) >= 11 is 12.8. The molecule has 0 saturated carbocycles. The van der Waals surface area contributed by atoms with Crippen molar-refractivity contribution < 1.29 is 24.2 Å². The zero-order valence-electron chi connectivity index (χ0n) is 20.5. The van der Waals surface area contributed by atoms with E-state index in [4.69, 9.17) is 43.5 Å². The van der Waals surface area contributed by atoms with Crippen LogP contribution in [0.1, 0.15) is 23.6 Å². The van der Waals surface area contributed by atoms with Gasteiger partial charge in [0.15, 0.2) is 5.75 Å². The fourth-order valence-electron chi connectivity index (χ4n) is 3.96. The molecule has 0 aliphatic heterocycles. The molecule has 0 aromatic heterocycles. The SMILES string of the molecule is CC(=O)Nc1ccc(OCc2ccc3ccccc3c2)c(COc2c(Cl)cc(CC(N)C(=O)O)cc2Cl)c1. The van der Waals surface area contributed by atoms with Gasteiger partial charge in [-0.1, -0.05) is 59.6 Å². The Hall–Kier alpha value is -3.78. The van der Waals surface area contributed by atoms with E-state index in [-0.39, 0.29) is 34.7 Å². The van der Waals surface area contributed by atoms with Gasteiger partial charge in [0, 0.05) is 18.2 Å². The third kappa shape index (κ3) is 6.95. The molecule has 0 heterocycles. The number of benzene rings is 4. The average Bonchev–Trinajstić information content (AvgIpc) is 2.87. The van der Waals surface area contributed by atoms with Gasteiger partial charge in [-0.3, -0.25) is 9.59 Å². The molecule has 7 nitrogen and oxygen atoms in total. The van der Waals surface area contributed by atoms with E-state index in [2.05, 4.69) is 29.6 Å². The lowest BCUT2D eigenvalue weighted by Crippen LogP contribution is -2.32. The van der Waals surface area contributed by atoms with Crippen LogP contribution in [0.2, 0.25) is 10.0 Å². The number of rotatable bonds is 10. The summed E-state index contributed by atoms with van der Waals surface area (Å²) in [6.45, 7) is 1.81. The van der Waals surface area contributed by atoms with Crippen molar-refractivity contribution in [3.63, 3.8) is 0 Å². The number of fused-ring (bicyclic) bond motifs is 1. The Kier molecular flexibility index (Phi) is 8.73. The van der Waals surface area contributed by atoms with Crippen LogP contribution in [-0.4, -0.2) is 23.0 Å². The first-order valence-corrected chi connectivity index (χ1v) is 12.6. The van der Waals surface area contributed by atoms with Crippen molar-refractivity contribution in [3.8, 4) is 11.5 Å². The molecule has 0 radical (unpaired) electrons. The second-order valence-corrected chi connectivity index (χ2v) is 9.61. The van der Waals surface area contributed by atoms with Gasteiger partial charge in [-0.05, 0) is 64.7 Å². The second kappa shape index (κ2) is 12.2. The fourth-order valence-corrected chi connectivity index (χ4v) is 4.60. The molecule has 4 aromatic carbocycles. The van der Waals surface area contributed by atoms with E-state index in [1.807, 2.05) is 18.2 Å². The zero-order valence-corrected chi connectivity index (χ0v) is 22.1. The number of carboxylic acids is 1. The largest absolute Gasteiger partial charge is 0.488 e. The average molecular weight is 553 g/mol. The van der Waals surface area contributed by atoms with Gasteiger partial charge >= 0.3 is 5.97 Å². The van der Waals surface area contributed by atoms with Gasteiger partial charge in [0.05, 0.1) is 10.0 Å². The summed E-state index contributed by atoms with van der Waals surface area (Å²) in [6, 6.07) is 21.6. The molecule has 0 saturated heterocycles.